The Bertz CT molecular complexity index is 562. The minimum Gasteiger partial charge on any atom is -0.487 e. The number of ether oxygens (including phenoxy) is 1. The van der Waals surface area contributed by atoms with Crippen molar-refractivity contribution in [2.45, 2.75) is 58.1 Å². The second-order valence-electron chi connectivity index (χ2n) is 7.35. The zero-order valence-corrected chi connectivity index (χ0v) is 14.4. The number of nitrogens with one attached hydrogen (secondary N) is 1. The van der Waals surface area contributed by atoms with Gasteiger partial charge in [0.1, 0.15) is 11.4 Å². The minimum absolute atomic E-state index is 0.0880. The van der Waals surface area contributed by atoms with Gasteiger partial charge in [-0.15, -0.1) is 0 Å². The van der Waals surface area contributed by atoms with E-state index in [1.807, 2.05) is 4.90 Å². The maximum Gasteiger partial charge on any atom is 0.223 e. The molecule has 4 nitrogen and oxygen atoms in total. The summed E-state index contributed by atoms with van der Waals surface area (Å²) in [5.41, 5.74) is 2.46. The van der Waals surface area contributed by atoms with Crippen LogP contribution in [0.2, 0.25) is 0 Å². The molecule has 1 aromatic rings. The van der Waals surface area contributed by atoms with E-state index in [4.69, 9.17) is 4.74 Å². The highest BCUT2D eigenvalue weighted by atomic mass is 16.5. The van der Waals surface area contributed by atoms with E-state index in [1.165, 1.54) is 17.5 Å². The fourth-order valence-corrected chi connectivity index (χ4v) is 3.50. The number of carbonyl (C=O) groups is 1. The van der Waals surface area contributed by atoms with E-state index in [0.717, 1.165) is 51.2 Å². The lowest BCUT2D eigenvalue weighted by Gasteiger charge is -2.26. The number of hydrogen-bond donors (Lipinski definition) is 1. The Labute approximate surface area is 139 Å². The molecule has 0 aromatic heterocycles. The summed E-state index contributed by atoms with van der Waals surface area (Å²) in [6.07, 6.45) is 5.14. The van der Waals surface area contributed by atoms with Crippen LogP contribution in [0.5, 0.6) is 5.75 Å². The van der Waals surface area contributed by atoms with Crippen molar-refractivity contribution < 1.29 is 9.53 Å². The fourth-order valence-electron chi connectivity index (χ4n) is 3.50. The van der Waals surface area contributed by atoms with Crippen LogP contribution in [-0.2, 0) is 17.8 Å². The third-order valence-electron chi connectivity index (χ3n) is 4.68. The fraction of sp³-hybridized carbons (Fsp3) is 0.632. The highest BCUT2D eigenvalue weighted by Gasteiger charge is 2.29. The third kappa shape index (κ3) is 4.25. The highest BCUT2D eigenvalue weighted by Crippen LogP contribution is 2.35. The van der Waals surface area contributed by atoms with E-state index >= 15 is 0 Å². The second-order valence-corrected chi connectivity index (χ2v) is 7.35. The molecule has 1 amide bonds. The Kier molecular flexibility index (Phi) is 4.90. The molecule has 0 atom stereocenters. The van der Waals surface area contributed by atoms with Gasteiger partial charge in [-0.1, -0.05) is 12.1 Å². The van der Waals surface area contributed by atoms with Gasteiger partial charge in [0.05, 0.1) is 0 Å². The lowest BCUT2D eigenvalue weighted by atomic mass is 10.0. The summed E-state index contributed by atoms with van der Waals surface area (Å²) in [5.74, 6) is 1.31. The molecule has 126 valence electrons. The van der Waals surface area contributed by atoms with E-state index in [9.17, 15) is 4.79 Å². The number of nitrogens with zero attached hydrogens (tertiary/aromatic N) is 1. The zero-order valence-electron chi connectivity index (χ0n) is 14.4. The second kappa shape index (κ2) is 6.91. The van der Waals surface area contributed by atoms with Crippen LogP contribution in [0.1, 0.15) is 50.7 Å². The molecule has 2 aliphatic rings. The standard InChI is InChI=1S/C19H28N2O2/c1-19(2)13-16-12-15(6-7-17(16)23-19)14-20-9-8-18(22)21-10-4-3-5-11-21/h6-7,12,20H,3-5,8-11,13-14H2,1-2H3. The summed E-state index contributed by atoms with van der Waals surface area (Å²) in [4.78, 5) is 14.1. The molecule has 0 spiro atoms. The van der Waals surface area contributed by atoms with Crippen LogP contribution in [0.15, 0.2) is 18.2 Å². The minimum atomic E-state index is -0.0880. The van der Waals surface area contributed by atoms with Gasteiger partial charge in [0.2, 0.25) is 5.91 Å². The van der Waals surface area contributed by atoms with Crippen molar-refractivity contribution in [2.75, 3.05) is 19.6 Å². The number of likely N-dealkylation sites (tertiary alicyclic amines) is 1. The molecule has 0 radical (unpaired) electrons. The van der Waals surface area contributed by atoms with Crippen LogP contribution in [0.3, 0.4) is 0 Å². The number of hydrogen-bond acceptors (Lipinski definition) is 3. The molecule has 23 heavy (non-hydrogen) atoms. The van der Waals surface area contributed by atoms with Gasteiger partial charge in [-0.05, 0) is 50.3 Å². The molecule has 1 aromatic carbocycles. The number of carbonyl (C=O) groups excluding carboxylic acids is 1. The SMILES string of the molecule is CC1(C)Cc2cc(CNCCC(=O)N3CCCCC3)ccc2O1. The summed E-state index contributed by atoms with van der Waals surface area (Å²) in [5, 5.41) is 3.40. The van der Waals surface area contributed by atoms with Crippen LogP contribution in [0, 0.1) is 0 Å². The van der Waals surface area contributed by atoms with E-state index in [1.54, 1.807) is 0 Å². The first kappa shape index (κ1) is 16.3. The van der Waals surface area contributed by atoms with E-state index in [2.05, 4.69) is 37.4 Å². The first-order valence-electron chi connectivity index (χ1n) is 8.83. The molecule has 3 rings (SSSR count). The molecule has 0 aliphatic carbocycles. The summed E-state index contributed by atoms with van der Waals surface area (Å²) in [7, 11) is 0. The highest BCUT2D eigenvalue weighted by molar-refractivity contribution is 5.76. The summed E-state index contributed by atoms with van der Waals surface area (Å²) in [6.45, 7) is 7.68. The number of rotatable bonds is 5. The van der Waals surface area contributed by atoms with E-state index < -0.39 is 0 Å². The number of benzene rings is 1. The lowest BCUT2D eigenvalue weighted by molar-refractivity contribution is -0.131. The average Bonchev–Trinajstić information content (AvgIpc) is 2.85. The number of piperidine rings is 1. The first-order valence-corrected chi connectivity index (χ1v) is 8.83. The number of amides is 1. The monoisotopic (exact) mass is 316 g/mol. The van der Waals surface area contributed by atoms with Crippen molar-refractivity contribution >= 4 is 5.91 Å². The Hall–Kier alpha value is -1.55. The van der Waals surface area contributed by atoms with Crippen LogP contribution >= 0.6 is 0 Å². The quantitative estimate of drug-likeness (QED) is 0.849. The van der Waals surface area contributed by atoms with Crippen LogP contribution in [0.25, 0.3) is 0 Å². The van der Waals surface area contributed by atoms with Crippen molar-refractivity contribution in [3.63, 3.8) is 0 Å². The van der Waals surface area contributed by atoms with Crippen LogP contribution in [-0.4, -0.2) is 36.0 Å². The topological polar surface area (TPSA) is 41.6 Å². The van der Waals surface area contributed by atoms with Crippen molar-refractivity contribution in [1.82, 2.24) is 10.2 Å². The molecule has 4 heteroatoms. The molecule has 0 unspecified atom stereocenters. The van der Waals surface area contributed by atoms with Crippen molar-refractivity contribution in [3.05, 3.63) is 29.3 Å². The molecule has 2 aliphatic heterocycles. The molecule has 0 bridgehead atoms. The smallest absolute Gasteiger partial charge is 0.223 e. The van der Waals surface area contributed by atoms with Crippen LogP contribution < -0.4 is 10.1 Å². The van der Waals surface area contributed by atoms with Crippen molar-refractivity contribution in [1.29, 1.82) is 0 Å². The van der Waals surface area contributed by atoms with Gasteiger partial charge in [0, 0.05) is 39.0 Å². The number of fused-ring (bicyclic) bond motifs is 1. The maximum absolute atomic E-state index is 12.1. The molecular formula is C19H28N2O2. The largest absolute Gasteiger partial charge is 0.487 e. The van der Waals surface area contributed by atoms with Gasteiger partial charge in [0.25, 0.3) is 0 Å². The van der Waals surface area contributed by atoms with E-state index in [-0.39, 0.29) is 5.60 Å². The lowest BCUT2D eigenvalue weighted by Crippen LogP contribution is -2.37. The summed E-state index contributed by atoms with van der Waals surface area (Å²) in [6, 6.07) is 6.41. The predicted octanol–water partition coefficient (Wildman–Crippen LogP) is 2.89. The van der Waals surface area contributed by atoms with E-state index in [0.29, 0.717) is 12.3 Å². The Morgan fingerprint density at radius 3 is 2.83 bits per heavy atom. The molecule has 2 heterocycles. The normalized spacial score (nSPS) is 19.3. The Balaban J connectivity index is 1.42. The third-order valence-corrected chi connectivity index (χ3v) is 4.68. The van der Waals surface area contributed by atoms with Gasteiger partial charge < -0.3 is 15.0 Å². The summed E-state index contributed by atoms with van der Waals surface area (Å²) >= 11 is 0. The Morgan fingerprint density at radius 1 is 1.26 bits per heavy atom. The molecule has 1 saturated heterocycles. The molecular weight excluding hydrogens is 288 g/mol. The van der Waals surface area contributed by atoms with Crippen LogP contribution in [0.4, 0.5) is 0 Å². The van der Waals surface area contributed by atoms with Gasteiger partial charge in [-0.2, -0.15) is 0 Å². The van der Waals surface area contributed by atoms with Crippen molar-refractivity contribution in [3.8, 4) is 5.75 Å². The van der Waals surface area contributed by atoms with Gasteiger partial charge >= 0.3 is 0 Å². The maximum atomic E-state index is 12.1. The first-order chi connectivity index (χ1) is 11.0. The van der Waals surface area contributed by atoms with Gasteiger partial charge in [-0.25, -0.2) is 0 Å². The van der Waals surface area contributed by atoms with Gasteiger partial charge in [0.15, 0.2) is 0 Å². The average molecular weight is 316 g/mol. The zero-order chi connectivity index (χ0) is 16.3. The summed E-state index contributed by atoms with van der Waals surface area (Å²) < 4.78 is 5.90. The van der Waals surface area contributed by atoms with Crippen molar-refractivity contribution in [2.24, 2.45) is 0 Å². The molecule has 1 N–H and O–H groups in total. The molecule has 0 saturated carbocycles. The Morgan fingerprint density at radius 2 is 2.04 bits per heavy atom. The molecule has 1 fully saturated rings. The predicted molar refractivity (Wildman–Crippen MR) is 91.6 cm³/mol. The van der Waals surface area contributed by atoms with Gasteiger partial charge in [-0.3, -0.25) is 4.79 Å².